The summed E-state index contributed by atoms with van der Waals surface area (Å²) in [4.78, 5) is 8.11. The monoisotopic (exact) mass is 266 g/mol. The predicted octanol–water partition coefficient (Wildman–Crippen LogP) is 4.47. The largest absolute Gasteiger partial charge is 0.353 e. The summed E-state index contributed by atoms with van der Waals surface area (Å²) in [5, 5.41) is 0. The molecular weight excluding hydrogens is 236 g/mol. The zero-order valence-corrected chi connectivity index (χ0v) is 13.5. The van der Waals surface area contributed by atoms with Crippen molar-refractivity contribution in [1.82, 2.24) is 9.97 Å². The van der Waals surface area contributed by atoms with Crippen LogP contribution in [0.1, 0.15) is 59.3 Å². The molecule has 0 spiro atoms. The third-order valence-electron chi connectivity index (χ3n) is 4.03. The summed E-state index contributed by atoms with van der Waals surface area (Å²) < 4.78 is 0. The van der Waals surface area contributed by atoms with E-state index in [0.29, 0.717) is 0 Å². The van der Waals surface area contributed by atoms with Crippen LogP contribution < -0.4 is 5.45 Å². The number of rotatable bonds is 10. The van der Waals surface area contributed by atoms with Crippen LogP contribution in [-0.4, -0.2) is 18.0 Å². The average molecular weight is 267 g/mol. The van der Waals surface area contributed by atoms with Crippen LogP contribution in [0, 0.1) is 0 Å². The Morgan fingerprint density at radius 3 is 1.78 bits per heavy atom. The van der Waals surface area contributed by atoms with E-state index in [2.05, 4.69) is 30.7 Å². The van der Waals surface area contributed by atoms with Gasteiger partial charge in [0.05, 0.1) is 5.45 Å². The number of imidazole rings is 1. The van der Waals surface area contributed by atoms with Crippen LogP contribution >= 0.6 is 0 Å². The van der Waals surface area contributed by atoms with Gasteiger partial charge in [0.1, 0.15) is 8.07 Å². The molecule has 1 rings (SSSR count). The molecule has 0 saturated heterocycles. The number of H-pyrrole nitrogens is 1. The van der Waals surface area contributed by atoms with Crippen LogP contribution in [0.25, 0.3) is 0 Å². The summed E-state index contributed by atoms with van der Waals surface area (Å²) in [7, 11) is -1.35. The molecule has 0 radical (unpaired) electrons. The van der Waals surface area contributed by atoms with E-state index < -0.39 is 8.07 Å². The molecule has 1 N–H and O–H groups in total. The molecule has 1 aromatic rings. The van der Waals surface area contributed by atoms with Gasteiger partial charge in [-0.15, -0.1) is 0 Å². The van der Waals surface area contributed by atoms with E-state index in [1.807, 2.05) is 12.4 Å². The van der Waals surface area contributed by atoms with Gasteiger partial charge in [0.25, 0.3) is 0 Å². The van der Waals surface area contributed by atoms with Crippen LogP contribution in [0.5, 0.6) is 0 Å². The maximum absolute atomic E-state index is 4.65. The zero-order valence-electron chi connectivity index (χ0n) is 12.5. The average Bonchev–Trinajstić information content (AvgIpc) is 2.93. The van der Waals surface area contributed by atoms with Crippen LogP contribution in [0.3, 0.4) is 0 Å². The molecule has 3 heteroatoms. The molecule has 2 nitrogen and oxygen atoms in total. The first-order chi connectivity index (χ1) is 8.79. The highest BCUT2D eigenvalue weighted by atomic mass is 28.3. The first-order valence-corrected chi connectivity index (χ1v) is 10.4. The van der Waals surface area contributed by atoms with Gasteiger partial charge in [0.2, 0.25) is 0 Å². The standard InChI is InChI=1S/C15H30N2Si/c1-4-7-12-18(13-8-5-2,14-9-6-3)15-16-10-11-17-15/h10-11H,4-9,12-14H2,1-3H3,(H,16,17). The lowest BCUT2D eigenvalue weighted by Crippen LogP contribution is -2.49. The number of aromatic nitrogens is 2. The molecule has 0 unspecified atom stereocenters. The highest BCUT2D eigenvalue weighted by molar-refractivity contribution is 6.90. The second-order valence-electron chi connectivity index (χ2n) is 5.53. The molecule has 0 aliphatic carbocycles. The molecule has 1 heterocycles. The highest BCUT2D eigenvalue weighted by Gasteiger charge is 2.35. The minimum Gasteiger partial charge on any atom is -0.353 e. The fourth-order valence-corrected chi connectivity index (χ4v) is 8.12. The Labute approximate surface area is 114 Å². The Morgan fingerprint density at radius 1 is 0.944 bits per heavy atom. The first-order valence-electron chi connectivity index (χ1n) is 7.79. The van der Waals surface area contributed by atoms with Gasteiger partial charge in [-0.3, -0.25) is 0 Å². The first kappa shape index (κ1) is 15.5. The highest BCUT2D eigenvalue weighted by Crippen LogP contribution is 2.27. The number of hydrogen-bond donors (Lipinski definition) is 1. The van der Waals surface area contributed by atoms with Gasteiger partial charge in [0.15, 0.2) is 0 Å². The van der Waals surface area contributed by atoms with Crippen molar-refractivity contribution in [1.29, 1.82) is 0 Å². The van der Waals surface area contributed by atoms with Gasteiger partial charge in [-0.2, -0.15) is 0 Å². The fourth-order valence-electron chi connectivity index (χ4n) is 2.83. The quantitative estimate of drug-likeness (QED) is 0.622. The molecule has 0 amide bonds. The molecule has 0 saturated carbocycles. The maximum atomic E-state index is 4.65. The Balaban J connectivity index is 2.84. The van der Waals surface area contributed by atoms with Gasteiger partial charge >= 0.3 is 0 Å². The van der Waals surface area contributed by atoms with E-state index in [9.17, 15) is 0 Å². The van der Waals surface area contributed by atoms with E-state index in [1.54, 1.807) is 0 Å². The number of unbranched alkanes of at least 4 members (excludes halogenated alkanes) is 3. The van der Waals surface area contributed by atoms with Crippen molar-refractivity contribution in [3.63, 3.8) is 0 Å². The van der Waals surface area contributed by atoms with Crippen LogP contribution in [0.2, 0.25) is 18.1 Å². The Bertz CT molecular complexity index is 274. The Hall–Kier alpha value is -0.573. The number of aromatic amines is 1. The molecular formula is C15H30N2Si. The van der Waals surface area contributed by atoms with Crippen molar-refractivity contribution < 1.29 is 0 Å². The van der Waals surface area contributed by atoms with E-state index in [0.717, 1.165) is 0 Å². The minimum atomic E-state index is -1.35. The lowest BCUT2D eigenvalue weighted by Gasteiger charge is -2.30. The number of hydrogen-bond acceptors (Lipinski definition) is 1. The van der Waals surface area contributed by atoms with Crippen molar-refractivity contribution >= 4 is 13.5 Å². The van der Waals surface area contributed by atoms with E-state index in [4.69, 9.17) is 0 Å². The Morgan fingerprint density at radius 2 is 1.44 bits per heavy atom. The normalized spacial score (nSPS) is 11.9. The number of nitrogens with one attached hydrogen (secondary N) is 1. The molecule has 104 valence electrons. The molecule has 0 aromatic carbocycles. The summed E-state index contributed by atoms with van der Waals surface area (Å²) in [6, 6.07) is 4.28. The van der Waals surface area contributed by atoms with Gasteiger partial charge in [0, 0.05) is 12.4 Å². The lowest BCUT2D eigenvalue weighted by atomic mass is 10.4. The predicted molar refractivity (Wildman–Crippen MR) is 83.1 cm³/mol. The van der Waals surface area contributed by atoms with Gasteiger partial charge in [-0.25, -0.2) is 4.98 Å². The second-order valence-corrected chi connectivity index (χ2v) is 10.1. The third-order valence-corrected chi connectivity index (χ3v) is 9.24. The second kappa shape index (κ2) is 8.52. The minimum absolute atomic E-state index is 1.31. The van der Waals surface area contributed by atoms with Crippen LogP contribution in [0.15, 0.2) is 12.4 Å². The molecule has 0 bridgehead atoms. The lowest BCUT2D eigenvalue weighted by molar-refractivity contribution is 0.797. The van der Waals surface area contributed by atoms with Gasteiger partial charge in [-0.1, -0.05) is 77.4 Å². The molecule has 18 heavy (non-hydrogen) atoms. The molecule has 0 aliphatic heterocycles. The molecule has 1 aromatic heterocycles. The summed E-state index contributed by atoms with van der Waals surface area (Å²) in [6.45, 7) is 6.92. The molecule has 0 aliphatic rings. The summed E-state index contributed by atoms with van der Waals surface area (Å²) in [6.07, 6.45) is 12.0. The summed E-state index contributed by atoms with van der Waals surface area (Å²) >= 11 is 0. The van der Waals surface area contributed by atoms with Gasteiger partial charge in [-0.05, 0) is 0 Å². The SMILES string of the molecule is CCCC[Si](CCCC)(CCCC)c1ncc[nH]1. The van der Waals surface area contributed by atoms with Crippen molar-refractivity contribution in [2.45, 2.75) is 77.4 Å². The molecule has 0 atom stereocenters. The fraction of sp³-hybridized carbons (Fsp3) is 0.800. The zero-order chi connectivity index (χ0) is 13.3. The van der Waals surface area contributed by atoms with Crippen molar-refractivity contribution in [2.75, 3.05) is 0 Å². The summed E-state index contributed by atoms with van der Waals surface area (Å²) in [5.74, 6) is 0. The van der Waals surface area contributed by atoms with Crippen LogP contribution in [-0.2, 0) is 0 Å². The van der Waals surface area contributed by atoms with E-state index in [-0.39, 0.29) is 0 Å². The smallest absolute Gasteiger partial charge is 0.132 e. The van der Waals surface area contributed by atoms with Crippen molar-refractivity contribution in [3.8, 4) is 0 Å². The maximum Gasteiger partial charge on any atom is 0.132 e. The Kier molecular flexibility index (Phi) is 7.33. The topological polar surface area (TPSA) is 28.7 Å². The number of nitrogens with zero attached hydrogens (tertiary/aromatic N) is 1. The third kappa shape index (κ3) is 4.27. The van der Waals surface area contributed by atoms with Crippen LogP contribution in [0.4, 0.5) is 0 Å². The van der Waals surface area contributed by atoms with E-state index in [1.165, 1.54) is 62.1 Å². The van der Waals surface area contributed by atoms with E-state index >= 15 is 0 Å². The van der Waals surface area contributed by atoms with Crippen molar-refractivity contribution in [3.05, 3.63) is 12.4 Å². The molecule has 0 fully saturated rings. The van der Waals surface area contributed by atoms with Gasteiger partial charge < -0.3 is 4.98 Å². The summed E-state index contributed by atoms with van der Waals surface area (Å²) in [5.41, 5.74) is 1.37. The van der Waals surface area contributed by atoms with Crippen molar-refractivity contribution in [2.24, 2.45) is 0 Å².